The van der Waals surface area contributed by atoms with Gasteiger partial charge >= 0.3 is 0 Å². The molecule has 2 N–H and O–H groups in total. The van der Waals surface area contributed by atoms with Gasteiger partial charge in [0, 0.05) is 49.3 Å². The summed E-state index contributed by atoms with van der Waals surface area (Å²) in [7, 11) is -3.47. The molecule has 1 aliphatic rings. The van der Waals surface area contributed by atoms with Crippen molar-refractivity contribution in [2.45, 2.75) is 4.90 Å². The number of nitrogens with zero attached hydrogens (tertiary/aromatic N) is 1. The van der Waals surface area contributed by atoms with Gasteiger partial charge < -0.3 is 9.72 Å². The highest BCUT2D eigenvalue weighted by Gasteiger charge is 2.16. The van der Waals surface area contributed by atoms with Crippen LogP contribution in [-0.4, -0.2) is 57.7 Å². The first-order valence-corrected chi connectivity index (χ1v) is 8.42. The summed E-state index contributed by atoms with van der Waals surface area (Å²) >= 11 is 0. The van der Waals surface area contributed by atoms with E-state index in [1.165, 1.54) is 0 Å². The number of H-pyrrole nitrogens is 1. The minimum Gasteiger partial charge on any atom is -0.379 e. The van der Waals surface area contributed by atoms with E-state index in [1.54, 1.807) is 24.4 Å². The van der Waals surface area contributed by atoms with Crippen molar-refractivity contribution in [3.8, 4) is 0 Å². The molecule has 3 rings (SSSR count). The van der Waals surface area contributed by atoms with Gasteiger partial charge in [-0.3, -0.25) is 4.90 Å². The van der Waals surface area contributed by atoms with Gasteiger partial charge in [0.05, 0.1) is 18.1 Å². The summed E-state index contributed by atoms with van der Waals surface area (Å²) in [4.78, 5) is 5.43. The minimum absolute atomic E-state index is 0.271. The predicted octanol–water partition coefficient (Wildman–Crippen LogP) is 0.579. The number of hydrogen-bond donors (Lipinski definition) is 2. The molecule has 1 aliphatic heterocycles. The van der Waals surface area contributed by atoms with Crippen LogP contribution >= 0.6 is 0 Å². The zero-order valence-corrected chi connectivity index (χ0v) is 12.4. The highest BCUT2D eigenvalue weighted by Crippen LogP contribution is 2.17. The van der Waals surface area contributed by atoms with Crippen LogP contribution in [0.4, 0.5) is 0 Å². The molecule has 0 atom stereocenters. The van der Waals surface area contributed by atoms with Crippen LogP contribution in [-0.2, 0) is 14.8 Å². The molecule has 0 bridgehead atoms. The van der Waals surface area contributed by atoms with E-state index < -0.39 is 10.0 Å². The van der Waals surface area contributed by atoms with Crippen molar-refractivity contribution in [3.63, 3.8) is 0 Å². The largest absolute Gasteiger partial charge is 0.379 e. The Hall–Kier alpha value is -1.41. The quantitative estimate of drug-likeness (QED) is 0.847. The van der Waals surface area contributed by atoms with E-state index in [-0.39, 0.29) is 4.90 Å². The molecule has 1 radical (unpaired) electrons. The van der Waals surface area contributed by atoms with E-state index in [1.807, 2.05) is 0 Å². The van der Waals surface area contributed by atoms with Crippen molar-refractivity contribution in [3.05, 3.63) is 30.5 Å². The molecule has 2 heterocycles. The molecule has 0 saturated carbocycles. The van der Waals surface area contributed by atoms with Crippen molar-refractivity contribution >= 4 is 20.9 Å². The lowest BCUT2D eigenvalue weighted by molar-refractivity contribution is 0.0390. The second-order valence-corrected chi connectivity index (χ2v) is 6.76. The van der Waals surface area contributed by atoms with E-state index in [4.69, 9.17) is 4.74 Å². The van der Waals surface area contributed by atoms with Gasteiger partial charge in [-0.15, -0.1) is 0 Å². The lowest BCUT2D eigenvalue weighted by Crippen LogP contribution is -2.41. The number of nitrogens with one attached hydrogen (secondary N) is 2. The first kappa shape index (κ1) is 14.5. The van der Waals surface area contributed by atoms with Crippen molar-refractivity contribution in [1.29, 1.82) is 0 Å². The van der Waals surface area contributed by atoms with Crippen LogP contribution in [0.15, 0.2) is 29.3 Å². The molecule has 1 fully saturated rings. The van der Waals surface area contributed by atoms with E-state index >= 15 is 0 Å². The summed E-state index contributed by atoms with van der Waals surface area (Å²) in [6.45, 7) is 4.23. The first-order chi connectivity index (χ1) is 10.1. The number of fused-ring (bicyclic) bond motifs is 1. The highest BCUT2D eigenvalue weighted by molar-refractivity contribution is 7.89. The predicted molar refractivity (Wildman–Crippen MR) is 79.6 cm³/mol. The summed E-state index contributed by atoms with van der Waals surface area (Å²) in [6, 6.07) is 7.98. The van der Waals surface area contributed by atoms with E-state index in [2.05, 4.69) is 20.7 Å². The van der Waals surface area contributed by atoms with Crippen LogP contribution in [0.1, 0.15) is 0 Å². The Morgan fingerprint density at radius 3 is 2.95 bits per heavy atom. The average Bonchev–Trinajstić information content (AvgIpc) is 2.95. The SMILES string of the molecule is O=S(=O)(NCCN1CCOCC1)c1ccc2[c]c[nH]c2c1. The van der Waals surface area contributed by atoms with Crippen molar-refractivity contribution in [2.75, 3.05) is 39.4 Å². The van der Waals surface area contributed by atoms with E-state index in [0.29, 0.717) is 26.3 Å². The lowest BCUT2D eigenvalue weighted by Gasteiger charge is -2.26. The fourth-order valence-corrected chi connectivity index (χ4v) is 3.42. The molecule has 0 amide bonds. The van der Waals surface area contributed by atoms with Crippen LogP contribution in [0.3, 0.4) is 0 Å². The van der Waals surface area contributed by atoms with E-state index in [9.17, 15) is 8.42 Å². The van der Waals surface area contributed by atoms with Gasteiger partial charge in [-0.25, -0.2) is 13.1 Å². The fourth-order valence-electron chi connectivity index (χ4n) is 2.37. The normalized spacial score (nSPS) is 17.3. The van der Waals surface area contributed by atoms with Crippen LogP contribution in [0.25, 0.3) is 10.9 Å². The molecule has 6 nitrogen and oxygen atoms in total. The molecule has 7 heteroatoms. The number of ether oxygens (including phenoxy) is 1. The number of rotatable bonds is 5. The summed E-state index contributed by atoms with van der Waals surface area (Å²) < 4.78 is 32.4. The Bertz CT molecular complexity index is 705. The molecule has 1 saturated heterocycles. The zero-order chi connectivity index (χ0) is 14.7. The third kappa shape index (κ3) is 3.44. The molecule has 2 aromatic rings. The average molecular weight is 308 g/mol. The van der Waals surface area contributed by atoms with E-state index in [0.717, 1.165) is 24.0 Å². The number of hydrogen-bond acceptors (Lipinski definition) is 4. The fraction of sp³-hybridized carbons (Fsp3) is 0.429. The number of benzene rings is 1. The zero-order valence-electron chi connectivity index (χ0n) is 11.6. The molecule has 0 spiro atoms. The van der Waals surface area contributed by atoms with Gasteiger partial charge in [-0.05, 0) is 12.1 Å². The van der Waals surface area contributed by atoms with Gasteiger partial charge in [-0.2, -0.15) is 0 Å². The lowest BCUT2D eigenvalue weighted by atomic mass is 10.2. The maximum absolute atomic E-state index is 12.3. The molecule has 21 heavy (non-hydrogen) atoms. The Balaban J connectivity index is 1.62. The number of sulfonamides is 1. The van der Waals surface area contributed by atoms with Crippen molar-refractivity contribution in [1.82, 2.24) is 14.6 Å². The Morgan fingerprint density at radius 2 is 2.14 bits per heavy atom. The standard InChI is InChI=1S/C14H18N3O3S/c18-21(19,16-5-6-17-7-9-20-10-8-17)13-2-1-12-3-4-15-14(12)11-13/h1-2,4,11,15-16H,5-10H2. The molecule has 113 valence electrons. The summed E-state index contributed by atoms with van der Waals surface area (Å²) in [5.74, 6) is 0. The minimum atomic E-state index is -3.47. The van der Waals surface area contributed by atoms with Gasteiger partial charge in [0.2, 0.25) is 10.0 Å². The smallest absolute Gasteiger partial charge is 0.240 e. The third-order valence-electron chi connectivity index (χ3n) is 3.58. The third-order valence-corrected chi connectivity index (χ3v) is 5.04. The second-order valence-electron chi connectivity index (χ2n) is 4.99. The molecule has 0 aliphatic carbocycles. The number of morpholine rings is 1. The van der Waals surface area contributed by atoms with Gasteiger partial charge in [0.15, 0.2) is 0 Å². The van der Waals surface area contributed by atoms with Gasteiger partial charge in [-0.1, -0.05) is 6.07 Å². The summed E-state index contributed by atoms with van der Waals surface area (Å²) in [5, 5.41) is 0.877. The molecular formula is C14H18N3O3S. The topological polar surface area (TPSA) is 74.4 Å². The van der Waals surface area contributed by atoms with Crippen LogP contribution < -0.4 is 4.72 Å². The highest BCUT2D eigenvalue weighted by atomic mass is 32.2. The maximum Gasteiger partial charge on any atom is 0.240 e. The summed E-state index contributed by atoms with van der Waals surface area (Å²) in [6.07, 6.45) is 1.67. The molecule has 0 unspecified atom stereocenters. The second kappa shape index (κ2) is 6.15. The van der Waals surface area contributed by atoms with Crippen LogP contribution in [0.5, 0.6) is 0 Å². The molecule has 1 aromatic heterocycles. The maximum atomic E-state index is 12.3. The van der Waals surface area contributed by atoms with Crippen molar-refractivity contribution in [2.24, 2.45) is 0 Å². The molecule has 1 aromatic carbocycles. The molecular weight excluding hydrogens is 290 g/mol. The first-order valence-electron chi connectivity index (χ1n) is 6.94. The summed E-state index contributed by atoms with van der Waals surface area (Å²) in [5.41, 5.74) is 0.769. The Labute approximate surface area is 124 Å². The van der Waals surface area contributed by atoms with Gasteiger partial charge in [0.1, 0.15) is 0 Å². The number of aromatic amines is 1. The number of aromatic nitrogens is 1. The monoisotopic (exact) mass is 308 g/mol. The van der Waals surface area contributed by atoms with Crippen LogP contribution in [0.2, 0.25) is 0 Å². The van der Waals surface area contributed by atoms with Crippen molar-refractivity contribution < 1.29 is 13.2 Å². The van der Waals surface area contributed by atoms with Gasteiger partial charge in [0.25, 0.3) is 0 Å². The Kier molecular flexibility index (Phi) is 4.25. The Morgan fingerprint density at radius 1 is 1.33 bits per heavy atom. The van der Waals surface area contributed by atoms with Crippen LogP contribution in [0, 0.1) is 6.07 Å².